The molecule has 2 aromatic rings. The summed E-state index contributed by atoms with van der Waals surface area (Å²) >= 11 is 6.20. The lowest BCUT2D eigenvalue weighted by molar-refractivity contribution is 0.364. The average Bonchev–Trinajstić information content (AvgIpc) is 2.59. The number of ether oxygens (including phenoxy) is 1. The Morgan fingerprint density at radius 3 is 3.08 bits per heavy atom. The summed E-state index contributed by atoms with van der Waals surface area (Å²) in [6, 6.07) is 7.53. The number of nitrogens with one attached hydrogen (secondary N) is 1. The van der Waals surface area contributed by atoms with Crippen molar-refractivity contribution in [1.29, 1.82) is 5.26 Å². The van der Waals surface area contributed by atoms with Gasteiger partial charge in [-0.2, -0.15) is 5.26 Å². The van der Waals surface area contributed by atoms with Crippen LogP contribution in [0.15, 0.2) is 30.9 Å². The van der Waals surface area contributed by atoms with Crippen LogP contribution in [0.1, 0.15) is 16.8 Å². The highest BCUT2D eigenvalue weighted by Crippen LogP contribution is 2.40. The Hall–Kier alpha value is -2.55. The Morgan fingerprint density at radius 1 is 1.50 bits per heavy atom. The van der Waals surface area contributed by atoms with Crippen molar-refractivity contribution in [3.05, 3.63) is 52.7 Å². The van der Waals surface area contributed by atoms with Crippen molar-refractivity contribution in [1.82, 2.24) is 10.3 Å². The number of rotatable bonds is 4. The second-order valence-corrected chi connectivity index (χ2v) is 5.89. The fourth-order valence-corrected chi connectivity index (χ4v) is 3.06. The molecule has 2 heterocycles. The standard InChI is InChI=1S/C18H17ClN4O/c1-2-7-24-16-4-3-11(19)8-12(16)17-13(9-20)18(21)23-15-5-6-22-10-14(15)17/h2-4,8,22H,1,5-7,10H2,(H2,21,23). The number of nitriles is 1. The molecule has 122 valence electrons. The number of nitrogen functional groups attached to an aromatic ring is 1. The summed E-state index contributed by atoms with van der Waals surface area (Å²) in [4.78, 5) is 4.41. The monoisotopic (exact) mass is 340 g/mol. The lowest BCUT2D eigenvalue weighted by Crippen LogP contribution is -2.26. The number of hydrogen-bond acceptors (Lipinski definition) is 5. The molecule has 1 aromatic heterocycles. The number of nitrogens with two attached hydrogens (primary N) is 1. The third-order valence-corrected chi connectivity index (χ3v) is 4.17. The molecule has 6 heteroatoms. The molecule has 0 saturated carbocycles. The number of fused-ring (bicyclic) bond motifs is 1. The summed E-state index contributed by atoms with van der Waals surface area (Å²) in [5.74, 6) is 0.872. The van der Waals surface area contributed by atoms with Crippen LogP contribution in [-0.4, -0.2) is 18.1 Å². The zero-order valence-corrected chi connectivity index (χ0v) is 13.9. The van der Waals surface area contributed by atoms with Crippen LogP contribution in [0.5, 0.6) is 5.75 Å². The molecule has 0 saturated heterocycles. The number of hydrogen-bond donors (Lipinski definition) is 2. The minimum Gasteiger partial charge on any atom is -0.489 e. The lowest BCUT2D eigenvalue weighted by atomic mass is 9.91. The normalized spacial score (nSPS) is 13.0. The lowest BCUT2D eigenvalue weighted by Gasteiger charge is -2.23. The molecule has 0 atom stereocenters. The van der Waals surface area contributed by atoms with Crippen molar-refractivity contribution in [3.63, 3.8) is 0 Å². The molecule has 1 aliphatic rings. The molecule has 5 nitrogen and oxygen atoms in total. The smallest absolute Gasteiger partial charge is 0.142 e. The van der Waals surface area contributed by atoms with Crippen molar-refractivity contribution < 1.29 is 4.74 Å². The molecule has 0 unspecified atom stereocenters. The zero-order chi connectivity index (χ0) is 17.1. The zero-order valence-electron chi connectivity index (χ0n) is 13.1. The summed E-state index contributed by atoms with van der Waals surface area (Å²) < 4.78 is 5.76. The van der Waals surface area contributed by atoms with E-state index in [0.717, 1.165) is 35.3 Å². The average molecular weight is 341 g/mol. The third-order valence-electron chi connectivity index (χ3n) is 3.93. The van der Waals surface area contributed by atoms with Gasteiger partial charge in [0.15, 0.2) is 0 Å². The van der Waals surface area contributed by atoms with Crippen molar-refractivity contribution in [3.8, 4) is 22.9 Å². The largest absolute Gasteiger partial charge is 0.489 e. The predicted molar refractivity (Wildman–Crippen MR) is 94.9 cm³/mol. The van der Waals surface area contributed by atoms with Gasteiger partial charge in [-0.15, -0.1) is 0 Å². The Balaban J connectivity index is 2.29. The fourth-order valence-electron chi connectivity index (χ4n) is 2.89. The maximum Gasteiger partial charge on any atom is 0.142 e. The molecular weight excluding hydrogens is 324 g/mol. The molecule has 1 aromatic carbocycles. The fraction of sp³-hybridized carbons (Fsp3) is 0.222. The number of pyridine rings is 1. The molecule has 0 amide bonds. The van der Waals surface area contributed by atoms with Gasteiger partial charge in [0.1, 0.15) is 29.8 Å². The summed E-state index contributed by atoms with van der Waals surface area (Å²) in [6.07, 6.45) is 2.43. The first kappa shape index (κ1) is 16.3. The number of benzene rings is 1. The summed E-state index contributed by atoms with van der Waals surface area (Å²) in [7, 11) is 0. The van der Waals surface area contributed by atoms with Crippen LogP contribution in [0.4, 0.5) is 5.82 Å². The predicted octanol–water partition coefficient (Wildman–Crippen LogP) is 3.07. The van der Waals surface area contributed by atoms with Crippen molar-refractivity contribution in [2.75, 3.05) is 18.9 Å². The minimum atomic E-state index is 0.239. The highest BCUT2D eigenvalue weighted by molar-refractivity contribution is 6.31. The summed E-state index contributed by atoms with van der Waals surface area (Å²) in [5.41, 5.74) is 9.76. The third kappa shape index (κ3) is 2.94. The van der Waals surface area contributed by atoms with Crippen LogP contribution >= 0.6 is 11.6 Å². The number of anilines is 1. The van der Waals surface area contributed by atoms with Gasteiger partial charge in [-0.1, -0.05) is 24.3 Å². The van der Waals surface area contributed by atoms with Gasteiger partial charge in [0.2, 0.25) is 0 Å². The first-order chi connectivity index (χ1) is 11.7. The van der Waals surface area contributed by atoms with E-state index >= 15 is 0 Å². The van der Waals surface area contributed by atoms with Crippen LogP contribution in [-0.2, 0) is 13.0 Å². The van der Waals surface area contributed by atoms with E-state index in [1.54, 1.807) is 24.3 Å². The van der Waals surface area contributed by atoms with Crippen LogP contribution in [0.25, 0.3) is 11.1 Å². The van der Waals surface area contributed by atoms with E-state index in [2.05, 4.69) is 22.9 Å². The van der Waals surface area contributed by atoms with E-state index in [1.807, 2.05) is 0 Å². The molecule has 0 radical (unpaired) electrons. The van der Waals surface area contributed by atoms with E-state index in [1.165, 1.54) is 0 Å². The number of halogens is 1. The topological polar surface area (TPSA) is 84.0 Å². The molecule has 0 bridgehead atoms. The van der Waals surface area contributed by atoms with Crippen LogP contribution in [0.2, 0.25) is 5.02 Å². The van der Waals surface area contributed by atoms with Gasteiger partial charge >= 0.3 is 0 Å². The van der Waals surface area contributed by atoms with Crippen LogP contribution in [0.3, 0.4) is 0 Å². The second kappa shape index (κ2) is 6.91. The second-order valence-electron chi connectivity index (χ2n) is 5.45. The molecule has 3 rings (SSSR count). The van der Waals surface area contributed by atoms with Gasteiger partial charge in [-0.25, -0.2) is 4.98 Å². The van der Waals surface area contributed by atoms with Gasteiger partial charge < -0.3 is 15.8 Å². The van der Waals surface area contributed by atoms with Crippen LogP contribution in [0, 0.1) is 11.3 Å². The first-order valence-corrected chi connectivity index (χ1v) is 7.99. The van der Waals surface area contributed by atoms with Gasteiger partial charge in [-0.05, 0) is 23.8 Å². The van der Waals surface area contributed by atoms with Crippen LogP contribution < -0.4 is 15.8 Å². The molecular formula is C18H17ClN4O. The molecule has 1 aliphatic heterocycles. The van der Waals surface area contributed by atoms with E-state index in [4.69, 9.17) is 22.1 Å². The van der Waals surface area contributed by atoms with Crippen molar-refractivity contribution in [2.45, 2.75) is 13.0 Å². The first-order valence-electron chi connectivity index (χ1n) is 7.61. The van der Waals surface area contributed by atoms with E-state index in [9.17, 15) is 5.26 Å². The summed E-state index contributed by atoms with van der Waals surface area (Å²) in [5, 5.41) is 13.5. The quantitative estimate of drug-likeness (QED) is 0.836. The highest BCUT2D eigenvalue weighted by Gasteiger charge is 2.24. The molecule has 24 heavy (non-hydrogen) atoms. The van der Waals surface area contributed by atoms with E-state index in [-0.39, 0.29) is 5.82 Å². The molecule has 0 fully saturated rings. The maximum absolute atomic E-state index is 9.62. The Bertz CT molecular complexity index is 842. The van der Waals surface area contributed by atoms with E-state index in [0.29, 0.717) is 29.5 Å². The van der Waals surface area contributed by atoms with Gasteiger partial charge in [0.25, 0.3) is 0 Å². The van der Waals surface area contributed by atoms with E-state index < -0.39 is 0 Å². The molecule has 3 N–H and O–H groups in total. The van der Waals surface area contributed by atoms with Crippen molar-refractivity contribution >= 4 is 17.4 Å². The van der Waals surface area contributed by atoms with Gasteiger partial charge in [-0.3, -0.25) is 0 Å². The minimum absolute atomic E-state index is 0.239. The Kier molecular flexibility index (Phi) is 4.70. The Labute approximate surface area is 145 Å². The van der Waals surface area contributed by atoms with Gasteiger partial charge in [0.05, 0.1) is 0 Å². The van der Waals surface area contributed by atoms with Gasteiger partial charge in [0, 0.05) is 41.4 Å². The molecule has 0 spiro atoms. The highest BCUT2D eigenvalue weighted by atomic mass is 35.5. The number of aromatic nitrogens is 1. The Morgan fingerprint density at radius 2 is 2.33 bits per heavy atom. The van der Waals surface area contributed by atoms with Crippen molar-refractivity contribution in [2.24, 2.45) is 0 Å². The maximum atomic E-state index is 9.62. The SMILES string of the molecule is C=CCOc1ccc(Cl)cc1-c1c(C#N)c(N)nc2c1CNCC2. The summed E-state index contributed by atoms with van der Waals surface area (Å²) in [6.45, 7) is 5.49. The molecule has 0 aliphatic carbocycles. The number of nitrogens with zero attached hydrogens (tertiary/aromatic N) is 2.